The number of methoxy groups -OCH3 is 1. The molecule has 1 heterocycles. The second kappa shape index (κ2) is 10.3. The lowest BCUT2D eigenvalue weighted by Crippen LogP contribution is -2.45. The van der Waals surface area contributed by atoms with Gasteiger partial charge < -0.3 is 14.8 Å². The van der Waals surface area contributed by atoms with Gasteiger partial charge in [0.1, 0.15) is 17.3 Å². The van der Waals surface area contributed by atoms with Crippen LogP contribution in [0, 0.1) is 5.92 Å². The molecule has 0 aliphatic carbocycles. The summed E-state index contributed by atoms with van der Waals surface area (Å²) in [6.07, 6.45) is 2.96. The molecule has 0 radical (unpaired) electrons. The molecule has 1 atom stereocenters. The fourth-order valence-corrected chi connectivity index (χ4v) is 2.91. The van der Waals surface area contributed by atoms with Crippen molar-refractivity contribution in [2.45, 2.75) is 26.6 Å². The minimum atomic E-state index is -0.896. The summed E-state index contributed by atoms with van der Waals surface area (Å²) in [5.41, 5.74) is 0.839. The molecule has 1 amide bonds. The second-order valence-corrected chi connectivity index (χ2v) is 7.34. The fourth-order valence-electron chi connectivity index (χ4n) is 2.91. The Morgan fingerprint density at radius 3 is 2.53 bits per heavy atom. The van der Waals surface area contributed by atoms with Gasteiger partial charge in [-0.15, -0.1) is 5.10 Å². The van der Waals surface area contributed by atoms with Crippen LogP contribution in [0.5, 0.6) is 5.75 Å². The third kappa shape index (κ3) is 5.57. The quantitative estimate of drug-likeness (QED) is 0.425. The summed E-state index contributed by atoms with van der Waals surface area (Å²) < 4.78 is 11.3. The van der Waals surface area contributed by atoms with E-state index in [1.165, 1.54) is 6.08 Å². The molecule has 0 saturated heterocycles. The van der Waals surface area contributed by atoms with Crippen molar-refractivity contribution in [3.8, 4) is 5.75 Å². The van der Waals surface area contributed by atoms with Crippen LogP contribution in [0.15, 0.2) is 59.4 Å². The van der Waals surface area contributed by atoms with Crippen molar-refractivity contribution >= 4 is 28.9 Å². The Bertz CT molecular complexity index is 1180. The van der Waals surface area contributed by atoms with E-state index >= 15 is 0 Å². The van der Waals surface area contributed by atoms with Gasteiger partial charge in [-0.05, 0) is 41.8 Å². The normalized spacial score (nSPS) is 12.1. The van der Waals surface area contributed by atoms with Crippen molar-refractivity contribution in [2.75, 3.05) is 7.11 Å². The minimum absolute atomic E-state index is 0.236. The molecule has 1 unspecified atom stereocenters. The Morgan fingerprint density at radius 1 is 1.12 bits per heavy atom. The SMILES string of the molecule is COc1ccc(/C=C/C(=O)NC(C(=O)OCn2nnc3ccccc3c2=O)C(C)C)cc1. The molecular weight excluding hydrogens is 412 g/mol. The van der Waals surface area contributed by atoms with Gasteiger partial charge in [0.15, 0.2) is 6.73 Å². The van der Waals surface area contributed by atoms with Crippen molar-refractivity contribution in [2.24, 2.45) is 5.92 Å². The van der Waals surface area contributed by atoms with Gasteiger partial charge in [0, 0.05) is 6.08 Å². The third-order valence-corrected chi connectivity index (χ3v) is 4.72. The Labute approximate surface area is 184 Å². The van der Waals surface area contributed by atoms with E-state index in [0.29, 0.717) is 16.7 Å². The third-order valence-electron chi connectivity index (χ3n) is 4.72. The fraction of sp³-hybridized carbons (Fsp3) is 0.261. The lowest BCUT2D eigenvalue weighted by molar-refractivity contribution is -0.153. The second-order valence-electron chi connectivity index (χ2n) is 7.34. The van der Waals surface area contributed by atoms with Crippen LogP contribution in [0.1, 0.15) is 19.4 Å². The van der Waals surface area contributed by atoms with Gasteiger partial charge in [0.05, 0.1) is 12.5 Å². The molecule has 0 saturated carbocycles. The maximum absolute atomic E-state index is 12.6. The smallest absolute Gasteiger partial charge is 0.330 e. The molecule has 9 heteroatoms. The van der Waals surface area contributed by atoms with Crippen molar-refractivity contribution in [1.82, 2.24) is 20.3 Å². The Balaban J connectivity index is 1.62. The summed E-state index contributed by atoms with van der Waals surface area (Å²) in [4.78, 5) is 37.4. The number of nitrogens with zero attached hydrogens (tertiary/aromatic N) is 3. The van der Waals surface area contributed by atoms with Crippen LogP contribution in [-0.2, 0) is 21.1 Å². The van der Waals surface area contributed by atoms with Crippen LogP contribution in [0.2, 0.25) is 0 Å². The summed E-state index contributed by atoms with van der Waals surface area (Å²) in [5.74, 6) is -0.642. The maximum atomic E-state index is 12.6. The number of aromatic nitrogens is 3. The highest BCUT2D eigenvalue weighted by molar-refractivity contribution is 5.94. The van der Waals surface area contributed by atoms with Gasteiger partial charge in [0.25, 0.3) is 5.56 Å². The molecule has 1 aromatic heterocycles. The van der Waals surface area contributed by atoms with E-state index in [9.17, 15) is 14.4 Å². The van der Waals surface area contributed by atoms with E-state index in [2.05, 4.69) is 15.6 Å². The average molecular weight is 436 g/mol. The number of ether oxygens (including phenoxy) is 2. The zero-order valence-corrected chi connectivity index (χ0v) is 18.0. The average Bonchev–Trinajstić information content (AvgIpc) is 2.81. The summed E-state index contributed by atoms with van der Waals surface area (Å²) in [5, 5.41) is 10.7. The first-order valence-corrected chi connectivity index (χ1v) is 10.0. The molecule has 0 spiro atoms. The molecule has 166 valence electrons. The van der Waals surface area contributed by atoms with Gasteiger partial charge >= 0.3 is 5.97 Å². The Hall–Kier alpha value is -4.01. The summed E-state index contributed by atoms with van der Waals surface area (Å²) in [6.45, 7) is 3.15. The van der Waals surface area contributed by atoms with Crippen LogP contribution in [0.3, 0.4) is 0 Å². The van der Waals surface area contributed by atoms with E-state index in [0.717, 1.165) is 10.2 Å². The standard InChI is InChI=1S/C23H24N4O5/c1-15(2)21(24-20(28)13-10-16-8-11-17(31-3)12-9-16)23(30)32-14-27-22(29)18-6-4-5-7-19(18)25-26-27/h4-13,15,21H,14H2,1-3H3,(H,24,28)/b13-10+. The summed E-state index contributed by atoms with van der Waals surface area (Å²) in [6, 6.07) is 13.0. The van der Waals surface area contributed by atoms with Crippen LogP contribution in [-0.4, -0.2) is 40.0 Å². The van der Waals surface area contributed by atoms with Gasteiger partial charge in [-0.2, -0.15) is 4.68 Å². The molecule has 0 fully saturated rings. The zero-order chi connectivity index (χ0) is 23.1. The Kier molecular flexibility index (Phi) is 7.33. The van der Waals surface area contributed by atoms with E-state index < -0.39 is 30.2 Å². The number of hydrogen-bond donors (Lipinski definition) is 1. The van der Waals surface area contributed by atoms with Crippen LogP contribution >= 0.6 is 0 Å². The Morgan fingerprint density at radius 2 is 1.84 bits per heavy atom. The van der Waals surface area contributed by atoms with E-state index in [1.807, 2.05) is 0 Å². The van der Waals surface area contributed by atoms with E-state index in [-0.39, 0.29) is 5.92 Å². The molecule has 3 rings (SSSR count). The number of benzene rings is 2. The molecule has 9 nitrogen and oxygen atoms in total. The zero-order valence-electron chi connectivity index (χ0n) is 18.0. The van der Waals surface area contributed by atoms with Crippen LogP contribution in [0.25, 0.3) is 17.0 Å². The van der Waals surface area contributed by atoms with Crippen molar-refractivity contribution in [3.63, 3.8) is 0 Å². The predicted molar refractivity (Wildman–Crippen MR) is 119 cm³/mol. The topological polar surface area (TPSA) is 112 Å². The van der Waals surface area contributed by atoms with Gasteiger partial charge in [0.2, 0.25) is 5.91 Å². The number of esters is 1. The van der Waals surface area contributed by atoms with Crippen molar-refractivity contribution in [3.05, 3.63) is 70.5 Å². The monoisotopic (exact) mass is 436 g/mol. The lowest BCUT2D eigenvalue weighted by atomic mass is 10.0. The van der Waals surface area contributed by atoms with E-state index in [4.69, 9.17) is 9.47 Å². The molecule has 0 bridgehead atoms. The van der Waals surface area contributed by atoms with Gasteiger partial charge in [-0.1, -0.05) is 43.3 Å². The number of carbonyl (C=O) groups is 2. The lowest BCUT2D eigenvalue weighted by Gasteiger charge is -2.20. The number of amides is 1. The first-order chi connectivity index (χ1) is 15.4. The van der Waals surface area contributed by atoms with Crippen LogP contribution in [0.4, 0.5) is 0 Å². The van der Waals surface area contributed by atoms with Gasteiger partial charge in [-0.3, -0.25) is 9.59 Å². The number of nitrogens with one attached hydrogen (secondary N) is 1. The highest BCUT2D eigenvalue weighted by Crippen LogP contribution is 2.12. The van der Waals surface area contributed by atoms with E-state index in [1.54, 1.807) is 75.6 Å². The molecule has 0 aliphatic heterocycles. The van der Waals surface area contributed by atoms with Crippen LogP contribution < -0.4 is 15.6 Å². The molecule has 32 heavy (non-hydrogen) atoms. The first-order valence-electron chi connectivity index (χ1n) is 10.0. The summed E-state index contributed by atoms with van der Waals surface area (Å²) in [7, 11) is 1.58. The van der Waals surface area contributed by atoms with Crippen molar-refractivity contribution in [1.29, 1.82) is 0 Å². The predicted octanol–water partition coefficient (Wildman–Crippen LogP) is 2.16. The highest BCUT2D eigenvalue weighted by Gasteiger charge is 2.25. The summed E-state index contributed by atoms with van der Waals surface area (Å²) >= 11 is 0. The molecule has 2 aromatic carbocycles. The minimum Gasteiger partial charge on any atom is -0.497 e. The molecular formula is C23H24N4O5. The highest BCUT2D eigenvalue weighted by atomic mass is 16.5. The van der Waals surface area contributed by atoms with Crippen molar-refractivity contribution < 1.29 is 19.1 Å². The number of hydrogen-bond acceptors (Lipinski definition) is 7. The number of carbonyl (C=O) groups excluding carboxylic acids is 2. The molecule has 3 aromatic rings. The maximum Gasteiger partial charge on any atom is 0.330 e. The van der Waals surface area contributed by atoms with Gasteiger partial charge in [-0.25, -0.2) is 4.79 Å². The largest absolute Gasteiger partial charge is 0.497 e. The number of rotatable bonds is 8. The number of fused-ring (bicyclic) bond motifs is 1. The molecule has 1 N–H and O–H groups in total. The molecule has 0 aliphatic rings. The first kappa shape index (κ1) is 22.7.